The maximum Gasteiger partial charge on any atom is 0.310 e. The fourth-order valence-electron chi connectivity index (χ4n) is 1.15. The molecule has 0 heterocycles. The van der Waals surface area contributed by atoms with E-state index in [1.807, 2.05) is 0 Å². The van der Waals surface area contributed by atoms with Gasteiger partial charge in [-0.05, 0) is 35.0 Å². The van der Waals surface area contributed by atoms with Crippen LogP contribution in [-0.2, 0) is 16.0 Å². The SMILES string of the molecule is CCOC(=O)Cc1c(Cl)ccc(Br)c1N. The van der Waals surface area contributed by atoms with Gasteiger partial charge in [-0.2, -0.15) is 0 Å². The summed E-state index contributed by atoms with van der Waals surface area (Å²) in [6.45, 7) is 2.11. The van der Waals surface area contributed by atoms with Crippen LogP contribution in [0.5, 0.6) is 0 Å². The lowest BCUT2D eigenvalue weighted by atomic mass is 10.1. The van der Waals surface area contributed by atoms with Crippen molar-refractivity contribution in [2.45, 2.75) is 13.3 Å². The second kappa shape index (κ2) is 5.37. The number of hydrogen-bond acceptors (Lipinski definition) is 3. The van der Waals surface area contributed by atoms with E-state index >= 15 is 0 Å². The van der Waals surface area contributed by atoms with Crippen LogP contribution in [0.25, 0.3) is 0 Å². The second-order valence-corrected chi connectivity index (χ2v) is 4.16. The van der Waals surface area contributed by atoms with Gasteiger partial charge in [-0.3, -0.25) is 4.79 Å². The van der Waals surface area contributed by atoms with Gasteiger partial charge in [-0.1, -0.05) is 11.6 Å². The third-order valence-electron chi connectivity index (χ3n) is 1.87. The molecule has 82 valence electrons. The van der Waals surface area contributed by atoms with Gasteiger partial charge in [-0.25, -0.2) is 0 Å². The van der Waals surface area contributed by atoms with E-state index in [0.717, 1.165) is 4.47 Å². The summed E-state index contributed by atoms with van der Waals surface area (Å²) in [5.74, 6) is -0.329. The first-order chi connectivity index (χ1) is 7.06. The van der Waals surface area contributed by atoms with Gasteiger partial charge in [0.1, 0.15) is 0 Å². The van der Waals surface area contributed by atoms with Gasteiger partial charge in [-0.15, -0.1) is 0 Å². The number of benzene rings is 1. The molecular formula is C10H11BrClNO2. The molecule has 0 saturated heterocycles. The zero-order chi connectivity index (χ0) is 11.4. The molecule has 0 aliphatic carbocycles. The van der Waals surface area contributed by atoms with E-state index in [0.29, 0.717) is 22.9 Å². The zero-order valence-electron chi connectivity index (χ0n) is 8.22. The molecule has 1 rings (SSSR count). The Kier molecular flexibility index (Phi) is 4.42. The Morgan fingerprint density at radius 3 is 2.87 bits per heavy atom. The van der Waals surface area contributed by atoms with Crippen LogP contribution < -0.4 is 5.73 Å². The molecule has 0 spiro atoms. The summed E-state index contributed by atoms with van der Waals surface area (Å²) in [7, 11) is 0. The lowest BCUT2D eigenvalue weighted by Gasteiger charge is -2.09. The standard InChI is InChI=1S/C10H11BrClNO2/c1-2-15-9(14)5-6-8(12)4-3-7(11)10(6)13/h3-4H,2,5,13H2,1H3. The van der Waals surface area contributed by atoms with E-state index in [1.54, 1.807) is 19.1 Å². The number of carbonyl (C=O) groups is 1. The number of carbonyl (C=O) groups excluding carboxylic acids is 1. The van der Waals surface area contributed by atoms with Crippen LogP contribution in [0.4, 0.5) is 5.69 Å². The number of nitrogen functional groups attached to an aromatic ring is 1. The molecule has 0 radical (unpaired) electrons. The summed E-state index contributed by atoms with van der Waals surface area (Å²) >= 11 is 9.21. The van der Waals surface area contributed by atoms with Gasteiger partial charge in [0.05, 0.1) is 18.7 Å². The minimum atomic E-state index is -0.329. The average Bonchev–Trinajstić information content (AvgIpc) is 2.19. The van der Waals surface area contributed by atoms with Crippen molar-refractivity contribution in [2.24, 2.45) is 0 Å². The van der Waals surface area contributed by atoms with E-state index in [1.165, 1.54) is 0 Å². The van der Waals surface area contributed by atoms with Crippen molar-refractivity contribution in [2.75, 3.05) is 12.3 Å². The smallest absolute Gasteiger partial charge is 0.310 e. The molecule has 15 heavy (non-hydrogen) atoms. The van der Waals surface area contributed by atoms with E-state index in [2.05, 4.69) is 15.9 Å². The van der Waals surface area contributed by atoms with Crippen molar-refractivity contribution >= 4 is 39.2 Å². The summed E-state index contributed by atoms with van der Waals surface area (Å²) < 4.78 is 5.56. The van der Waals surface area contributed by atoms with Crippen molar-refractivity contribution in [3.8, 4) is 0 Å². The first kappa shape index (κ1) is 12.3. The Hall–Kier alpha value is -0.740. The highest BCUT2D eigenvalue weighted by Crippen LogP contribution is 2.30. The monoisotopic (exact) mass is 291 g/mol. The van der Waals surface area contributed by atoms with E-state index in [4.69, 9.17) is 22.1 Å². The highest BCUT2D eigenvalue weighted by molar-refractivity contribution is 9.10. The lowest BCUT2D eigenvalue weighted by molar-refractivity contribution is -0.142. The third-order valence-corrected chi connectivity index (χ3v) is 2.92. The molecule has 2 N–H and O–H groups in total. The van der Waals surface area contributed by atoms with Gasteiger partial charge in [0.25, 0.3) is 0 Å². The molecule has 0 unspecified atom stereocenters. The van der Waals surface area contributed by atoms with Crippen molar-refractivity contribution < 1.29 is 9.53 Å². The number of halogens is 2. The maximum atomic E-state index is 11.3. The molecule has 0 saturated carbocycles. The molecular weight excluding hydrogens is 281 g/mol. The molecule has 3 nitrogen and oxygen atoms in total. The van der Waals surface area contributed by atoms with Crippen LogP contribution in [0.15, 0.2) is 16.6 Å². The number of ether oxygens (including phenoxy) is 1. The third kappa shape index (κ3) is 3.11. The summed E-state index contributed by atoms with van der Waals surface area (Å²) in [5.41, 5.74) is 6.87. The average molecular weight is 293 g/mol. The molecule has 0 bridgehead atoms. The highest BCUT2D eigenvalue weighted by atomic mass is 79.9. The Balaban J connectivity index is 2.93. The minimum Gasteiger partial charge on any atom is -0.466 e. The molecule has 0 aliphatic heterocycles. The van der Waals surface area contributed by atoms with Gasteiger partial charge < -0.3 is 10.5 Å². The number of anilines is 1. The Labute approximate surface area is 102 Å². The normalized spacial score (nSPS) is 10.1. The van der Waals surface area contributed by atoms with Crippen LogP contribution in [0.1, 0.15) is 12.5 Å². The van der Waals surface area contributed by atoms with Crippen LogP contribution in [-0.4, -0.2) is 12.6 Å². The second-order valence-electron chi connectivity index (χ2n) is 2.90. The Morgan fingerprint density at radius 2 is 2.27 bits per heavy atom. The Bertz CT molecular complexity index is 382. The van der Waals surface area contributed by atoms with Crippen molar-refractivity contribution in [1.82, 2.24) is 0 Å². The fraction of sp³-hybridized carbons (Fsp3) is 0.300. The molecule has 0 aliphatic rings. The largest absolute Gasteiger partial charge is 0.466 e. The van der Waals surface area contributed by atoms with E-state index in [-0.39, 0.29) is 12.4 Å². The molecule has 1 aromatic carbocycles. The number of hydrogen-bond donors (Lipinski definition) is 1. The fourth-order valence-corrected chi connectivity index (χ4v) is 1.75. The molecule has 0 atom stereocenters. The predicted molar refractivity (Wildman–Crippen MR) is 63.9 cm³/mol. The van der Waals surface area contributed by atoms with Crippen molar-refractivity contribution in [3.05, 3.63) is 27.2 Å². The molecule has 1 aromatic rings. The van der Waals surface area contributed by atoms with Crippen LogP contribution in [0.2, 0.25) is 5.02 Å². The summed E-state index contributed by atoms with van der Waals surface area (Å²) in [6.07, 6.45) is 0.0952. The van der Waals surface area contributed by atoms with Crippen LogP contribution in [0.3, 0.4) is 0 Å². The molecule has 5 heteroatoms. The van der Waals surface area contributed by atoms with Crippen LogP contribution >= 0.6 is 27.5 Å². The Morgan fingerprint density at radius 1 is 1.60 bits per heavy atom. The van der Waals surface area contributed by atoms with E-state index < -0.39 is 0 Å². The summed E-state index contributed by atoms with van der Waals surface area (Å²) in [6, 6.07) is 3.43. The minimum absolute atomic E-state index is 0.0952. The highest BCUT2D eigenvalue weighted by Gasteiger charge is 2.12. The number of nitrogens with two attached hydrogens (primary N) is 1. The van der Waals surface area contributed by atoms with Crippen molar-refractivity contribution in [1.29, 1.82) is 0 Å². The zero-order valence-corrected chi connectivity index (χ0v) is 10.6. The van der Waals surface area contributed by atoms with Gasteiger partial charge in [0, 0.05) is 15.1 Å². The maximum absolute atomic E-state index is 11.3. The lowest BCUT2D eigenvalue weighted by Crippen LogP contribution is -2.10. The topological polar surface area (TPSA) is 52.3 Å². The molecule has 0 fully saturated rings. The van der Waals surface area contributed by atoms with Gasteiger partial charge in [0.2, 0.25) is 0 Å². The molecule has 0 amide bonds. The molecule has 0 aromatic heterocycles. The first-order valence-corrected chi connectivity index (χ1v) is 5.61. The van der Waals surface area contributed by atoms with Crippen molar-refractivity contribution in [3.63, 3.8) is 0 Å². The van der Waals surface area contributed by atoms with Gasteiger partial charge >= 0.3 is 5.97 Å². The predicted octanol–water partition coefficient (Wildman–Crippen LogP) is 2.79. The number of esters is 1. The van der Waals surface area contributed by atoms with Gasteiger partial charge in [0.15, 0.2) is 0 Å². The first-order valence-electron chi connectivity index (χ1n) is 4.44. The van der Waals surface area contributed by atoms with E-state index in [9.17, 15) is 4.79 Å². The van der Waals surface area contributed by atoms with Crippen LogP contribution in [0, 0.1) is 0 Å². The quantitative estimate of drug-likeness (QED) is 0.688. The number of rotatable bonds is 3. The summed E-state index contributed by atoms with van der Waals surface area (Å²) in [5, 5.41) is 0.476. The summed E-state index contributed by atoms with van der Waals surface area (Å²) in [4.78, 5) is 11.3.